The summed E-state index contributed by atoms with van der Waals surface area (Å²) in [4.78, 5) is 26.2. The molecule has 0 aliphatic carbocycles. The van der Waals surface area contributed by atoms with Gasteiger partial charge < -0.3 is 15.0 Å². The molecule has 0 spiro atoms. The van der Waals surface area contributed by atoms with Crippen molar-refractivity contribution >= 4 is 17.7 Å². The van der Waals surface area contributed by atoms with Crippen LogP contribution in [0.15, 0.2) is 48.5 Å². The van der Waals surface area contributed by atoms with Crippen LogP contribution in [0.5, 0.6) is 0 Å². The molecule has 0 saturated carbocycles. The van der Waals surface area contributed by atoms with Crippen LogP contribution in [0.3, 0.4) is 0 Å². The van der Waals surface area contributed by atoms with Crippen LogP contribution in [0.25, 0.3) is 0 Å². The Morgan fingerprint density at radius 3 is 2.31 bits per heavy atom. The van der Waals surface area contributed by atoms with Gasteiger partial charge >= 0.3 is 6.09 Å². The van der Waals surface area contributed by atoms with Gasteiger partial charge in [-0.1, -0.05) is 12.1 Å². The monoisotopic (exact) mass is 401 g/mol. The molecule has 0 saturated heterocycles. The molecule has 6 nitrogen and oxygen atoms in total. The van der Waals surface area contributed by atoms with Crippen molar-refractivity contribution in [2.75, 3.05) is 26.0 Å². The summed E-state index contributed by atoms with van der Waals surface area (Å²) in [7, 11) is 3.75. The highest BCUT2D eigenvalue weighted by Crippen LogP contribution is 2.19. The molecule has 0 aliphatic heterocycles. The van der Waals surface area contributed by atoms with Gasteiger partial charge in [-0.05, 0) is 76.8 Å². The lowest BCUT2D eigenvalue weighted by atomic mass is 10.1. The SMILES string of the molecule is CN(C)C(CNC(=O)c1ccc(NC(=O)OC(C)(C)C)cc1)c1cccc(F)c1. The summed E-state index contributed by atoms with van der Waals surface area (Å²) >= 11 is 0. The highest BCUT2D eigenvalue weighted by atomic mass is 19.1. The van der Waals surface area contributed by atoms with Crippen LogP contribution in [0, 0.1) is 5.82 Å². The number of carbonyl (C=O) groups is 2. The Morgan fingerprint density at radius 2 is 1.76 bits per heavy atom. The maximum Gasteiger partial charge on any atom is 0.412 e. The molecule has 2 amide bonds. The van der Waals surface area contributed by atoms with Gasteiger partial charge in [-0.2, -0.15) is 0 Å². The van der Waals surface area contributed by atoms with Gasteiger partial charge in [-0.25, -0.2) is 9.18 Å². The molecule has 1 unspecified atom stereocenters. The Kier molecular flexibility index (Phi) is 7.34. The molecule has 0 bridgehead atoms. The topological polar surface area (TPSA) is 70.7 Å². The number of nitrogens with one attached hydrogen (secondary N) is 2. The molecule has 0 aliphatic rings. The van der Waals surface area contributed by atoms with E-state index in [-0.39, 0.29) is 17.8 Å². The van der Waals surface area contributed by atoms with Gasteiger partial charge in [0.25, 0.3) is 5.91 Å². The molecule has 2 rings (SSSR count). The van der Waals surface area contributed by atoms with E-state index in [2.05, 4.69) is 10.6 Å². The molecular formula is C22H28FN3O3. The van der Waals surface area contributed by atoms with E-state index in [0.717, 1.165) is 5.56 Å². The number of anilines is 1. The van der Waals surface area contributed by atoms with Crippen molar-refractivity contribution in [3.8, 4) is 0 Å². The molecule has 2 aromatic rings. The number of rotatable bonds is 6. The molecule has 0 heterocycles. The van der Waals surface area contributed by atoms with Gasteiger partial charge in [0.2, 0.25) is 0 Å². The standard InChI is InChI=1S/C22H28FN3O3/c1-22(2,3)29-21(28)25-18-11-9-15(10-12-18)20(27)24-14-19(26(4)5)16-7-6-8-17(23)13-16/h6-13,19H,14H2,1-5H3,(H,24,27)(H,25,28). The molecule has 0 fully saturated rings. The molecular weight excluding hydrogens is 373 g/mol. The van der Waals surface area contributed by atoms with E-state index in [1.807, 2.05) is 25.1 Å². The molecule has 0 aromatic heterocycles. The largest absolute Gasteiger partial charge is 0.444 e. The number of nitrogens with zero attached hydrogens (tertiary/aromatic N) is 1. The average Bonchev–Trinajstić information content (AvgIpc) is 2.60. The van der Waals surface area contributed by atoms with E-state index < -0.39 is 11.7 Å². The van der Waals surface area contributed by atoms with E-state index in [1.54, 1.807) is 51.1 Å². The molecule has 0 radical (unpaired) electrons. The molecule has 29 heavy (non-hydrogen) atoms. The second-order valence-corrected chi connectivity index (χ2v) is 7.95. The summed E-state index contributed by atoms with van der Waals surface area (Å²) in [5, 5.41) is 5.50. The van der Waals surface area contributed by atoms with Gasteiger partial charge in [0.1, 0.15) is 11.4 Å². The fourth-order valence-electron chi connectivity index (χ4n) is 2.73. The Hall–Kier alpha value is -2.93. The fourth-order valence-corrected chi connectivity index (χ4v) is 2.73. The minimum atomic E-state index is -0.589. The fraction of sp³-hybridized carbons (Fsp3) is 0.364. The first kappa shape index (κ1) is 22.4. The molecule has 2 N–H and O–H groups in total. The number of hydrogen-bond donors (Lipinski definition) is 2. The number of benzene rings is 2. The third-order valence-corrected chi connectivity index (χ3v) is 4.11. The highest BCUT2D eigenvalue weighted by molar-refractivity contribution is 5.95. The van der Waals surface area contributed by atoms with Crippen molar-refractivity contribution in [3.05, 3.63) is 65.5 Å². The van der Waals surface area contributed by atoms with Gasteiger partial charge in [0, 0.05) is 17.8 Å². The minimum Gasteiger partial charge on any atom is -0.444 e. The summed E-state index contributed by atoms with van der Waals surface area (Å²) in [6, 6.07) is 12.7. The maximum atomic E-state index is 13.5. The van der Waals surface area contributed by atoms with E-state index in [0.29, 0.717) is 17.8 Å². The van der Waals surface area contributed by atoms with Gasteiger partial charge in [0.15, 0.2) is 0 Å². The van der Waals surface area contributed by atoms with Crippen LogP contribution in [-0.4, -0.2) is 43.1 Å². The Bertz CT molecular complexity index is 845. The Balaban J connectivity index is 1.97. The van der Waals surface area contributed by atoms with Crippen LogP contribution in [0.4, 0.5) is 14.9 Å². The maximum absolute atomic E-state index is 13.5. The summed E-state index contributed by atoms with van der Waals surface area (Å²) in [5.74, 6) is -0.564. The zero-order valence-corrected chi connectivity index (χ0v) is 17.5. The lowest BCUT2D eigenvalue weighted by Crippen LogP contribution is -2.34. The third-order valence-electron chi connectivity index (χ3n) is 4.11. The van der Waals surface area contributed by atoms with Crippen LogP contribution < -0.4 is 10.6 Å². The van der Waals surface area contributed by atoms with E-state index >= 15 is 0 Å². The lowest BCUT2D eigenvalue weighted by molar-refractivity contribution is 0.0635. The number of ether oxygens (including phenoxy) is 1. The van der Waals surface area contributed by atoms with Crippen LogP contribution in [0.2, 0.25) is 0 Å². The number of amides is 2. The second-order valence-electron chi connectivity index (χ2n) is 7.95. The first-order valence-electron chi connectivity index (χ1n) is 9.35. The summed E-state index contributed by atoms with van der Waals surface area (Å²) in [5.41, 5.74) is 1.18. The van der Waals surface area contributed by atoms with Crippen molar-refractivity contribution in [1.82, 2.24) is 10.2 Å². The van der Waals surface area contributed by atoms with E-state index in [4.69, 9.17) is 4.74 Å². The smallest absolute Gasteiger partial charge is 0.412 e. The molecule has 1 atom stereocenters. The highest BCUT2D eigenvalue weighted by Gasteiger charge is 2.18. The zero-order valence-electron chi connectivity index (χ0n) is 17.5. The number of halogens is 1. The molecule has 7 heteroatoms. The molecule has 2 aromatic carbocycles. The summed E-state index contributed by atoms with van der Waals surface area (Å²) < 4.78 is 18.7. The number of carbonyl (C=O) groups excluding carboxylic acids is 2. The van der Waals surface area contributed by atoms with Crippen LogP contribution >= 0.6 is 0 Å². The second kappa shape index (κ2) is 9.52. The van der Waals surface area contributed by atoms with Gasteiger partial charge in [-0.3, -0.25) is 10.1 Å². The normalized spacial score (nSPS) is 12.4. The van der Waals surface area contributed by atoms with Crippen molar-refractivity contribution in [3.63, 3.8) is 0 Å². The number of hydrogen-bond acceptors (Lipinski definition) is 4. The minimum absolute atomic E-state index is 0.164. The van der Waals surface area contributed by atoms with Crippen LogP contribution in [0.1, 0.15) is 42.7 Å². The van der Waals surface area contributed by atoms with Crippen molar-refractivity contribution < 1.29 is 18.7 Å². The van der Waals surface area contributed by atoms with Crippen molar-refractivity contribution in [1.29, 1.82) is 0 Å². The van der Waals surface area contributed by atoms with Gasteiger partial charge in [0.05, 0.1) is 6.04 Å². The first-order valence-corrected chi connectivity index (χ1v) is 9.35. The third kappa shape index (κ3) is 7.19. The van der Waals surface area contributed by atoms with E-state index in [1.165, 1.54) is 12.1 Å². The van der Waals surface area contributed by atoms with E-state index in [9.17, 15) is 14.0 Å². The van der Waals surface area contributed by atoms with Crippen molar-refractivity contribution in [2.45, 2.75) is 32.4 Å². The zero-order chi connectivity index (χ0) is 21.6. The number of likely N-dealkylation sites (N-methyl/N-ethyl adjacent to an activating group) is 1. The first-order chi connectivity index (χ1) is 13.5. The predicted molar refractivity (Wildman–Crippen MR) is 111 cm³/mol. The Morgan fingerprint density at radius 1 is 1.10 bits per heavy atom. The van der Waals surface area contributed by atoms with Gasteiger partial charge in [-0.15, -0.1) is 0 Å². The quantitative estimate of drug-likeness (QED) is 0.761. The van der Waals surface area contributed by atoms with Crippen LogP contribution in [-0.2, 0) is 4.74 Å². The average molecular weight is 401 g/mol. The molecule has 156 valence electrons. The summed E-state index contributed by atoms with van der Waals surface area (Å²) in [6.45, 7) is 5.67. The lowest BCUT2D eigenvalue weighted by Gasteiger charge is -2.25. The Labute approximate surface area is 171 Å². The van der Waals surface area contributed by atoms with Crippen molar-refractivity contribution in [2.24, 2.45) is 0 Å². The predicted octanol–water partition coefficient (Wildman–Crippen LogP) is 4.21. The summed E-state index contributed by atoms with van der Waals surface area (Å²) in [6.07, 6.45) is -0.557.